The Morgan fingerprint density at radius 1 is 1.25 bits per heavy atom. The molecule has 1 aliphatic carbocycles. The van der Waals surface area contributed by atoms with Crippen LogP contribution in [0.5, 0.6) is 0 Å². The molecule has 2 heterocycles. The van der Waals surface area contributed by atoms with Gasteiger partial charge in [-0.2, -0.15) is 0 Å². The molecule has 0 bridgehead atoms. The fourth-order valence-electron chi connectivity index (χ4n) is 3.81. The third-order valence-corrected chi connectivity index (χ3v) is 5.55. The van der Waals surface area contributed by atoms with Gasteiger partial charge in [-0.25, -0.2) is 4.79 Å². The Balaban J connectivity index is 1.26. The molecule has 2 aliphatic rings. The molecule has 3 amide bonds. The molecule has 28 heavy (non-hydrogen) atoms. The number of H-pyrrole nitrogens is 1. The molecule has 0 unspecified atom stereocenters. The first-order valence-electron chi connectivity index (χ1n) is 10.0. The minimum atomic E-state index is -0.200. The van der Waals surface area contributed by atoms with Crippen LogP contribution in [-0.2, 0) is 11.3 Å². The van der Waals surface area contributed by atoms with Crippen LogP contribution < -0.4 is 10.6 Å². The van der Waals surface area contributed by atoms with E-state index in [2.05, 4.69) is 27.3 Å². The van der Waals surface area contributed by atoms with Gasteiger partial charge in [-0.05, 0) is 62.6 Å². The molecule has 1 saturated heterocycles. The Kier molecular flexibility index (Phi) is 5.32. The van der Waals surface area contributed by atoms with E-state index in [-0.39, 0.29) is 18.0 Å². The Morgan fingerprint density at radius 3 is 2.89 bits per heavy atom. The van der Waals surface area contributed by atoms with Crippen LogP contribution >= 0.6 is 0 Å². The van der Waals surface area contributed by atoms with Crippen molar-refractivity contribution < 1.29 is 9.59 Å². The average molecular weight is 381 g/mol. The molecular weight excluding hydrogens is 354 g/mol. The number of aromatic nitrogens is 1. The number of nitrogens with zero attached hydrogens (tertiary/aromatic N) is 2. The minimum Gasteiger partial charge on any atom is -0.357 e. The number of amides is 3. The van der Waals surface area contributed by atoms with E-state index < -0.39 is 0 Å². The van der Waals surface area contributed by atoms with Crippen LogP contribution in [0.25, 0.3) is 10.9 Å². The largest absolute Gasteiger partial charge is 0.357 e. The number of rotatable bonds is 6. The van der Waals surface area contributed by atoms with Gasteiger partial charge in [0.05, 0.1) is 12.2 Å². The number of benzene rings is 1. The van der Waals surface area contributed by atoms with Crippen LogP contribution in [-0.4, -0.2) is 47.7 Å². The standard InChI is InChI=1S/C21H27N5O2/c1-22-16-6-7-19-15(10-16)11-18(24-19)12-23-21(28)25-17-3-2-8-26(13-17)20(27)9-14-4-5-14/h6-7,10-11,14,17,24H,1-5,8-9,12-13H2,(H2,23,25,28)/t17-/m1/s1. The number of hydrogen-bond donors (Lipinski definition) is 3. The van der Waals surface area contributed by atoms with E-state index in [0.717, 1.165) is 41.7 Å². The number of likely N-dealkylation sites (tertiary alicyclic amines) is 1. The second kappa shape index (κ2) is 8.04. The quantitative estimate of drug-likeness (QED) is 0.671. The van der Waals surface area contributed by atoms with E-state index in [9.17, 15) is 9.59 Å². The predicted molar refractivity (Wildman–Crippen MR) is 110 cm³/mol. The highest BCUT2D eigenvalue weighted by Crippen LogP contribution is 2.33. The summed E-state index contributed by atoms with van der Waals surface area (Å²) in [5.74, 6) is 0.833. The number of piperidine rings is 1. The summed E-state index contributed by atoms with van der Waals surface area (Å²) in [6.07, 6.45) is 4.88. The molecule has 7 heteroatoms. The molecule has 1 atom stereocenters. The topological polar surface area (TPSA) is 89.6 Å². The van der Waals surface area contributed by atoms with Gasteiger partial charge >= 0.3 is 6.03 Å². The molecule has 1 aromatic carbocycles. The SMILES string of the molecule is C=Nc1ccc2[nH]c(CNC(=O)N[C@@H]3CCCN(C(=O)CC4CC4)C3)cc2c1. The first kappa shape index (κ1) is 18.5. The van der Waals surface area contributed by atoms with Gasteiger partial charge in [-0.3, -0.25) is 9.79 Å². The zero-order valence-corrected chi connectivity index (χ0v) is 16.0. The first-order valence-corrected chi connectivity index (χ1v) is 10.0. The molecule has 2 fully saturated rings. The molecule has 7 nitrogen and oxygen atoms in total. The van der Waals surface area contributed by atoms with E-state index in [1.807, 2.05) is 29.2 Å². The van der Waals surface area contributed by atoms with E-state index in [1.165, 1.54) is 12.8 Å². The van der Waals surface area contributed by atoms with Gasteiger partial charge in [0.1, 0.15) is 0 Å². The zero-order chi connectivity index (χ0) is 19.5. The lowest BCUT2D eigenvalue weighted by Crippen LogP contribution is -2.51. The highest BCUT2D eigenvalue weighted by Gasteiger charge is 2.30. The summed E-state index contributed by atoms with van der Waals surface area (Å²) in [5, 5.41) is 6.96. The number of fused-ring (bicyclic) bond motifs is 1. The van der Waals surface area contributed by atoms with Crippen molar-refractivity contribution in [3.05, 3.63) is 30.0 Å². The van der Waals surface area contributed by atoms with Gasteiger partial charge in [0.2, 0.25) is 5.91 Å². The van der Waals surface area contributed by atoms with Crippen molar-refractivity contribution in [3.63, 3.8) is 0 Å². The highest BCUT2D eigenvalue weighted by atomic mass is 16.2. The molecule has 1 saturated carbocycles. The number of aliphatic imine (C=N–C) groups is 1. The van der Waals surface area contributed by atoms with Gasteiger partial charge in [0, 0.05) is 42.1 Å². The molecule has 1 aromatic heterocycles. The van der Waals surface area contributed by atoms with Crippen LogP contribution in [0.2, 0.25) is 0 Å². The Hall–Kier alpha value is -2.83. The van der Waals surface area contributed by atoms with Crippen molar-refractivity contribution in [2.24, 2.45) is 10.9 Å². The van der Waals surface area contributed by atoms with Crippen LogP contribution in [0.3, 0.4) is 0 Å². The Labute approximate surface area is 164 Å². The second-order valence-electron chi connectivity index (χ2n) is 7.88. The average Bonchev–Trinajstić information content (AvgIpc) is 3.42. The Bertz CT molecular complexity index is 886. The molecule has 0 radical (unpaired) electrons. The van der Waals surface area contributed by atoms with Gasteiger partial charge in [0.25, 0.3) is 0 Å². The van der Waals surface area contributed by atoms with Crippen molar-refractivity contribution >= 4 is 35.2 Å². The molecule has 3 N–H and O–H groups in total. The van der Waals surface area contributed by atoms with Crippen molar-refractivity contribution in [2.75, 3.05) is 13.1 Å². The van der Waals surface area contributed by atoms with E-state index in [0.29, 0.717) is 25.4 Å². The summed E-state index contributed by atoms with van der Waals surface area (Å²) in [6, 6.07) is 7.63. The van der Waals surface area contributed by atoms with Crippen molar-refractivity contribution in [1.29, 1.82) is 0 Å². The van der Waals surface area contributed by atoms with Crippen molar-refractivity contribution in [1.82, 2.24) is 20.5 Å². The number of nitrogens with one attached hydrogen (secondary N) is 3. The summed E-state index contributed by atoms with van der Waals surface area (Å²) in [5.41, 5.74) is 2.75. The number of urea groups is 1. The summed E-state index contributed by atoms with van der Waals surface area (Å²) >= 11 is 0. The molecule has 4 rings (SSSR count). The van der Waals surface area contributed by atoms with Crippen molar-refractivity contribution in [3.8, 4) is 0 Å². The third-order valence-electron chi connectivity index (χ3n) is 5.55. The van der Waals surface area contributed by atoms with Crippen molar-refractivity contribution in [2.45, 2.75) is 44.7 Å². The molecule has 0 spiro atoms. The van der Waals surface area contributed by atoms with Gasteiger partial charge in [0.15, 0.2) is 0 Å². The number of carbonyl (C=O) groups excluding carboxylic acids is 2. The lowest BCUT2D eigenvalue weighted by atomic mass is 10.1. The van der Waals surface area contributed by atoms with E-state index in [4.69, 9.17) is 0 Å². The predicted octanol–water partition coefficient (Wildman–Crippen LogP) is 3.09. The maximum absolute atomic E-state index is 12.3. The lowest BCUT2D eigenvalue weighted by Gasteiger charge is -2.33. The summed E-state index contributed by atoms with van der Waals surface area (Å²) in [7, 11) is 0. The van der Waals surface area contributed by atoms with Crippen LogP contribution in [0.4, 0.5) is 10.5 Å². The summed E-state index contributed by atoms with van der Waals surface area (Å²) in [4.78, 5) is 33.7. The maximum Gasteiger partial charge on any atom is 0.315 e. The lowest BCUT2D eigenvalue weighted by molar-refractivity contribution is -0.132. The Morgan fingerprint density at radius 2 is 2.11 bits per heavy atom. The molecule has 148 valence electrons. The monoisotopic (exact) mass is 381 g/mol. The van der Waals surface area contributed by atoms with E-state index in [1.54, 1.807) is 0 Å². The fourth-order valence-corrected chi connectivity index (χ4v) is 3.81. The first-order chi connectivity index (χ1) is 13.6. The summed E-state index contributed by atoms with van der Waals surface area (Å²) in [6.45, 7) is 5.38. The zero-order valence-electron chi connectivity index (χ0n) is 16.0. The normalized spacial score (nSPS) is 19.4. The van der Waals surface area contributed by atoms with E-state index >= 15 is 0 Å². The van der Waals surface area contributed by atoms with Crippen LogP contribution in [0, 0.1) is 5.92 Å². The van der Waals surface area contributed by atoms with Crippen LogP contribution in [0.15, 0.2) is 29.3 Å². The fraction of sp³-hybridized carbons (Fsp3) is 0.476. The molecule has 1 aliphatic heterocycles. The minimum absolute atomic E-state index is 0.0147. The number of aromatic amines is 1. The third kappa shape index (κ3) is 4.52. The summed E-state index contributed by atoms with van der Waals surface area (Å²) < 4.78 is 0. The van der Waals surface area contributed by atoms with Gasteiger partial charge < -0.3 is 20.5 Å². The highest BCUT2D eigenvalue weighted by molar-refractivity contribution is 5.84. The number of carbonyl (C=O) groups is 2. The second-order valence-corrected chi connectivity index (χ2v) is 7.88. The smallest absolute Gasteiger partial charge is 0.315 e. The van der Waals surface area contributed by atoms with Gasteiger partial charge in [-0.15, -0.1) is 0 Å². The molecular formula is C21H27N5O2. The van der Waals surface area contributed by atoms with Gasteiger partial charge in [-0.1, -0.05) is 0 Å². The number of hydrogen-bond acceptors (Lipinski definition) is 3. The van der Waals surface area contributed by atoms with Crippen LogP contribution in [0.1, 0.15) is 37.8 Å². The maximum atomic E-state index is 12.3. The molecule has 2 aromatic rings.